The van der Waals surface area contributed by atoms with Crippen molar-refractivity contribution in [3.8, 4) is 11.3 Å². The molecule has 2 aromatic rings. The Bertz CT molecular complexity index is 526. The van der Waals surface area contributed by atoms with Gasteiger partial charge in [-0.3, -0.25) is 15.1 Å². The maximum absolute atomic E-state index is 10.6. The molecule has 0 saturated heterocycles. The molecule has 0 N–H and O–H groups in total. The minimum absolute atomic E-state index is 0.00476. The van der Waals surface area contributed by atoms with E-state index in [1.807, 2.05) is 6.07 Å². The van der Waals surface area contributed by atoms with Crippen molar-refractivity contribution in [3.05, 3.63) is 52.5 Å². The molecule has 2 rings (SSSR count). The normalized spacial score (nSPS) is 10.1. The molecule has 0 saturated carbocycles. The predicted octanol–water partition coefficient (Wildman–Crippen LogP) is 2.36. The van der Waals surface area contributed by atoms with Gasteiger partial charge in [0.05, 0.1) is 10.6 Å². The Morgan fingerprint density at radius 3 is 2.75 bits per heavy atom. The highest BCUT2D eigenvalue weighted by molar-refractivity contribution is 5.62. The molecular formula is C11H9N3O2. The van der Waals surface area contributed by atoms with E-state index in [9.17, 15) is 10.1 Å². The molecule has 0 radical (unpaired) electrons. The van der Waals surface area contributed by atoms with Gasteiger partial charge in [-0.05, 0) is 24.6 Å². The number of hydrogen-bond donors (Lipinski definition) is 0. The second kappa shape index (κ2) is 4.06. The third kappa shape index (κ3) is 1.88. The van der Waals surface area contributed by atoms with Crippen LogP contribution in [0.2, 0.25) is 0 Å². The summed E-state index contributed by atoms with van der Waals surface area (Å²) in [6.45, 7) is 1.79. The van der Waals surface area contributed by atoms with Crippen LogP contribution in [0.15, 0.2) is 36.8 Å². The van der Waals surface area contributed by atoms with Crippen molar-refractivity contribution in [1.82, 2.24) is 9.97 Å². The lowest BCUT2D eigenvalue weighted by atomic mass is 10.1. The summed E-state index contributed by atoms with van der Waals surface area (Å²) in [5, 5.41) is 10.6. The lowest BCUT2D eigenvalue weighted by Gasteiger charge is -2.03. The van der Waals surface area contributed by atoms with Crippen LogP contribution in [0, 0.1) is 17.0 Å². The minimum atomic E-state index is -0.451. The van der Waals surface area contributed by atoms with Crippen LogP contribution in [0.5, 0.6) is 0 Å². The first-order valence-electron chi connectivity index (χ1n) is 4.70. The average molecular weight is 215 g/mol. The van der Waals surface area contributed by atoms with Crippen LogP contribution in [-0.4, -0.2) is 14.9 Å². The van der Waals surface area contributed by atoms with E-state index in [4.69, 9.17) is 0 Å². The number of hydrogen-bond acceptors (Lipinski definition) is 4. The molecule has 5 nitrogen and oxygen atoms in total. The monoisotopic (exact) mass is 215 g/mol. The fraction of sp³-hybridized carbons (Fsp3) is 0.0909. The first kappa shape index (κ1) is 10.2. The average Bonchev–Trinajstić information content (AvgIpc) is 2.30. The zero-order chi connectivity index (χ0) is 11.5. The van der Waals surface area contributed by atoms with Crippen molar-refractivity contribution in [3.63, 3.8) is 0 Å². The highest BCUT2D eigenvalue weighted by Crippen LogP contribution is 2.22. The van der Waals surface area contributed by atoms with Crippen LogP contribution in [0.25, 0.3) is 11.3 Å². The predicted molar refractivity (Wildman–Crippen MR) is 58.9 cm³/mol. The fourth-order valence-electron chi connectivity index (χ4n) is 1.46. The Labute approximate surface area is 91.9 Å². The van der Waals surface area contributed by atoms with Gasteiger partial charge >= 0.3 is 0 Å². The summed E-state index contributed by atoms with van der Waals surface area (Å²) in [6.07, 6.45) is 4.61. The lowest BCUT2D eigenvalue weighted by Crippen LogP contribution is -1.93. The van der Waals surface area contributed by atoms with E-state index in [1.165, 1.54) is 12.3 Å². The van der Waals surface area contributed by atoms with Crippen LogP contribution in [0.1, 0.15) is 5.56 Å². The molecule has 0 fully saturated rings. The topological polar surface area (TPSA) is 68.9 Å². The lowest BCUT2D eigenvalue weighted by molar-refractivity contribution is -0.385. The van der Waals surface area contributed by atoms with Gasteiger partial charge in [0.2, 0.25) is 0 Å². The van der Waals surface area contributed by atoms with Gasteiger partial charge in [-0.2, -0.15) is 0 Å². The molecular weight excluding hydrogens is 206 g/mol. The smallest absolute Gasteiger partial charge is 0.264 e. The van der Waals surface area contributed by atoms with Crippen molar-refractivity contribution in [2.45, 2.75) is 6.92 Å². The Balaban J connectivity index is 2.48. The minimum Gasteiger partial charge on any atom is -0.264 e. The number of nitrogens with zero attached hydrogens (tertiary/aromatic N) is 3. The first-order valence-corrected chi connectivity index (χ1v) is 4.70. The van der Waals surface area contributed by atoms with Gasteiger partial charge in [-0.25, -0.2) is 4.98 Å². The summed E-state index contributed by atoms with van der Waals surface area (Å²) in [7, 11) is 0. The van der Waals surface area contributed by atoms with Crippen LogP contribution in [-0.2, 0) is 0 Å². The van der Waals surface area contributed by atoms with Crippen LogP contribution < -0.4 is 0 Å². The Morgan fingerprint density at radius 2 is 2.19 bits per heavy atom. The molecule has 0 unspecified atom stereocenters. The molecule has 5 heteroatoms. The van der Waals surface area contributed by atoms with Crippen LogP contribution in [0.3, 0.4) is 0 Å². The van der Waals surface area contributed by atoms with Gasteiger partial charge in [0.1, 0.15) is 6.20 Å². The van der Waals surface area contributed by atoms with Crippen molar-refractivity contribution < 1.29 is 4.92 Å². The number of aromatic nitrogens is 2. The zero-order valence-electron chi connectivity index (χ0n) is 8.62. The van der Waals surface area contributed by atoms with Crippen LogP contribution in [0.4, 0.5) is 5.69 Å². The van der Waals surface area contributed by atoms with E-state index >= 15 is 0 Å². The second-order valence-electron chi connectivity index (χ2n) is 3.36. The molecule has 2 heterocycles. The summed E-state index contributed by atoms with van der Waals surface area (Å²) < 4.78 is 0. The second-order valence-corrected chi connectivity index (χ2v) is 3.36. The number of pyridine rings is 2. The molecule has 0 amide bonds. The van der Waals surface area contributed by atoms with Gasteiger partial charge in [-0.1, -0.05) is 0 Å². The number of aryl methyl sites for hydroxylation is 1. The van der Waals surface area contributed by atoms with E-state index in [1.54, 1.807) is 25.4 Å². The summed E-state index contributed by atoms with van der Waals surface area (Å²) in [5.41, 5.74) is 2.35. The summed E-state index contributed by atoms with van der Waals surface area (Å²) >= 11 is 0. The zero-order valence-corrected chi connectivity index (χ0v) is 8.62. The molecule has 0 atom stereocenters. The van der Waals surface area contributed by atoms with E-state index < -0.39 is 4.92 Å². The summed E-state index contributed by atoms with van der Waals surface area (Å²) in [5.74, 6) is 0. The van der Waals surface area contributed by atoms with E-state index in [0.717, 1.165) is 16.8 Å². The van der Waals surface area contributed by atoms with Gasteiger partial charge in [0, 0.05) is 24.0 Å². The molecule has 0 aliphatic carbocycles. The van der Waals surface area contributed by atoms with Crippen molar-refractivity contribution in [2.24, 2.45) is 0 Å². The van der Waals surface area contributed by atoms with Gasteiger partial charge in [0.25, 0.3) is 5.69 Å². The van der Waals surface area contributed by atoms with Gasteiger partial charge in [0.15, 0.2) is 0 Å². The summed E-state index contributed by atoms with van der Waals surface area (Å²) in [6, 6.07) is 5.18. The van der Waals surface area contributed by atoms with Crippen molar-refractivity contribution in [2.75, 3.05) is 0 Å². The Hall–Kier alpha value is -2.30. The molecule has 0 spiro atoms. The molecule has 16 heavy (non-hydrogen) atoms. The highest BCUT2D eigenvalue weighted by atomic mass is 16.6. The van der Waals surface area contributed by atoms with Gasteiger partial charge in [-0.15, -0.1) is 0 Å². The molecule has 0 aliphatic rings. The van der Waals surface area contributed by atoms with E-state index in [2.05, 4.69) is 9.97 Å². The SMILES string of the molecule is Cc1cc([N+](=O)[O-])cnc1-c1cccnc1. The number of nitro groups is 1. The third-order valence-corrected chi connectivity index (χ3v) is 2.21. The molecule has 0 aliphatic heterocycles. The van der Waals surface area contributed by atoms with Crippen molar-refractivity contribution >= 4 is 5.69 Å². The van der Waals surface area contributed by atoms with Crippen molar-refractivity contribution in [1.29, 1.82) is 0 Å². The van der Waals surface area contributed by atoms with Crippen LogP contribution >= 0.6 is 0 Å². The third-order valence-electron chi connectivity index (χ3n) is 2.21. The Kier molecular flexibility index (Phi) is 2.59. The molecule has 80 valence electrons. The fourth-order valence-corrected chi connectivity index (χ4v) is 1.46. The maximum Gasteiger partial charge on any atom is 0.287 e. The molecule has 0 bridgehead atoms. The largest absolute Gasteiger partial charge is 0.287 e. The van der Waals surface area contributed by atoms with E-state index in [-0.39, 0.29) is 5.69 Å². The quantitative estimate of drug-likeness (QED) is 0.569. The highest BCUT2D eigenvalue weighted by Gasteiger charge is 2.10. The Morgan fingerprint density at radius 1 is 1.38 bits per heavy atom. The first-order chi connectivity index (χ1) is 7.68. The number of rotatable bonds is 2. The summed E-state index contributed by atoms with van der Waals surface area (Å²) in [4.78, 5) is 18.2. The molecule has 2 aromatic heterocycles. The molecule has 0 aromatic carbocycles. The maximum atomic E-state index is 10.6. The van der Waals surface area contributed by atoms with Gasteiger partial charge < -0.3 is 0 Å². The standard InChI is InChI=1S/C11H9N3O2/c1-8-5-10(14(15)16)7-13-11(8)9-3-2-4-12-6-9/h2-7H,1H3. The van der Waals surface area contributed by atoms with E-state index in [0.29, 0.717) is 0 Å².